The molecule has 2 heterocycles. The number of benzene rings is 1. The number of nitrogens with one attached hydrogen (secondary N) is 1. The highest BCUT2D eigenvalue weighted by atomic mass is 127. The lowest BCUT2D eigenvalue weighted by atomic mass is 9.96. The average Bonchev–Trinajstić information content (AvgIpc) is 3.32. The Kier molecular flexibility index (Phi) is 12.0. The van der Waals surface area contributed by atoms with E-state index in [4.69, 9.17) is 14.5 Å². The zero-order valence-electron chi connectivity index (χ0n) is 19.5. The average molecular weight is 545 g/mol. The molecule has 6 nitrogen and oxygen atoms in total. The first kappa shape index (κ1) is 26.2. The van der Waals surface area contributed by atoms with Crippen LogP contribution in [0.25, 0.3) is 0 Å². The molecule has 1 aromatic rings. The monoisotopic (exact) mass is 544 g/mol. The maximum Gasteiger partial charge on any atom is 0.193 e. The highest BCUT2D eigenvalue weighted by Crippen LogP contribution is 2.27. The van der Waals surface area contributed by atoms with Crippen LogP contribution in [0.3, 0.4) is 0 Å². The number of nitrogens with zero attached hydrogens (tertiary/aromatic N) is 3. The fourth-order valence-corrected chi connectivity index (χ4v) is 4.47. The van der Waals surface area contributed by atoms with Crippen LogP contribution in [0.5, 0.6) is 5.75 Å². The van der Waals surface area contributed by atoms with Gasteiger partial charge in [0.2, 0.25) is 0 Å². The summed E-state index contributed by atoms with van der Waals surface area (Å²) in [5.74, 6) is 2.70. The third kappa shape index (κ3) is 8.09. The first-order valence-corrected chi connectivity index (χ1v) is 11.7. The molecule has 2 aliphatic heterocycles. The molecule has 1 unspecified atom stereocenters. The van der Waals surface area contributed by atoms with E-state index in [9.17, 15) is 0 Å². The Morgan fingerprint density at radius 1 is 1.23 bits per heavy atom. The predicted octanol–water partition coefficient (Wildman–Crippen LogP) is 4.16. The van der Waals surface area contributed by atoms with Crippen LogP contribution in [-0.4, -0.2) is 75.9 Å². The van der Waals surface area contributed by atoms with E-state index in [1.807, 2.05) is 0 Å². The maximum atomic E-state index is 5.50. The molecule has 2 saturated heterocycles. The molecule has 2 fully saturated rings. The molecule has 2 aliphatic rings. The van der Waals surface area contributed by atoms with Crippen LogP contribution < -0.4 is 10.1 Å². The van der Waals surface area contributed by atoms with Crippen molar-refractivity contribution in [2.45, 2.75) is 45.1 Å². The molecule has 31 heavy (non-hydrogen) atoms. The zero-order chi connectivity index (χ0) is 21.2. The van der Waals surface area contributed by atoms with Crippen molar-refractivity contribution >= 4 is 29.9 Å². The van der Waals surface area contributed by atoms with Crippen molar-refractivity contribution in [3.05, 3.63) is 29.8 Å². The summed E-state index contributed by atoms with van der Waals surface area (Å²) in [6, 6.07) is 8.83. The van der Waals surface area contributed by atoms with Crippen molar-refractivity contribution in [3.63, 3.8) is 0 Å². The number of likely N-dealkylation sites (tertiary alicyclic amines) is 1. The van der Waals surface area contributed by atoms with Gasteiger partial charge < -0.3 is 19.7 Å². The van der Waals surface area contributed by atoms with Gasteiger partial charge in [-0.3, -0.25) is 9.89 Å². The highest BCUT2D eigenvalue weighted by Gasteiger charge is 2.24. The van der Waals surface area contributed by atoms with E-state index in [-0.39, 0.29) is 24.0 Å². The number of hydrogen-bond donors (Lipinski definition) is 1. The van der Waals surface area contributed by atoms with Gasteiger partial charge in [0.1, 0.15) is 5.75 Å². The van der Waals surface area contributed by atoms with Crippen LogP contribution in [-0.2, 0) is 4.74 Å². The number of rotatable bonds is 9. The van der Waals surface area contributed by atoms with Gasteiger partial charge >= 0.3 is 0 Å². The van der Waals surface area contributed by atoms with Crippen molar-refractivity contribution in [2.75, 3.05) is 60.1 Å². The number of hydrogen-bond acceptors (Lipinski definition) is 4. The van der Waals surface area contributed by atoms with Gasteiger partial charge in [0.25, 0.3) is 0 Å². The van der Waals surface area contributed by atoms with Gasteiger partial charge in [-0.15, -0.1) is 24.0 Å². The summed E-state index contributed by atoms with van der Waals surface area (Å²) >= 11 is 0. The standard InChI is InChI=1S/C24H40N4O2.HI/c1-4-25-24(27(2)16-11-20-12-17-30-18-13-20)26-19-23(28-14-5-6-15-28)21-7-9-22(29-3)10-8-21;/h7-10,20,23H,4-6,11-19H2,1-3H3,(H,25,26);1H. The van der Waals surface area contributed by atoms with E-state index < -0.39 is 0 Å². The largest absolute Gasteiger partial charge is 0.497 e. The molecule has 7 heteroatoms. The number of aliphatic imine (C=N–C) groups is 1. The predicted molar refractivity (Wildman–Crippen MR) is 139 cm³/mol. The fraction of sp³-hybridized carbons (Fsp3) is 0.708. The molecule has 0 radical (unpaired) electrons. The summed E-state index contributed by atoms with van der Waals surface area (Å²) in [6.45, 7) is 8.98. The minimum atomic E-state index is 0. The number of methoxy groups -OCH3 is 1. The minimum absolute atomic E-state index is 0. The van der Waals surface area contributed by atoms with Crippen LogP contribution in [0.4, 0.5) is 0 Å². The molecular weight excluding hydrogens is 503 g/mol. The Morgan fingerprint density at radius 2 is 1.90 bits per heavy atom. The van der Waals surface area contributed by atoms with Crippen LogP contribution in [0, 0.1) is 5.92 Å². The SMILES string of the molecule is CCNC(=NCC(c1ccc(OC)cc1)N1CCCC1)N(C)CCC1CCOCC1.I. The van der Waals surface area contributed by atoms with E-state index in [1.54, 1.807) is 7.11 Å². The van der Waals surface area contributed by atoms with Crippen LogP contribution in [0.2, 0.25) is 0 Å². The number of halogens is 1. The first-order chi connectivity index (χ1) is 14.7. The van der Waals surface area contributed by atoms with Gasteiger partial charge in [-0.1, -0.05) is 12.1 Å². The Morgan fingerprint density at radius 3 is 2.52 bits per heavy atom. The lowest BCUT2D eigenvalue weighted by Gasteiger charge is -2.29. The molecule has 0 aromatic heterocycles. The first-order valence-electron chi connectivity index (χ1n) is 11.7. The Bertz CT molecular complexity index is 643. The van der Waals surface area contributed by atoms with Crippen LogP contribution >= 0.6 is 24.0 Å². The molecule has 0 bridgehead atoms. The maximum absolute atomic E-state index is 5.50. The molecular formula is C24H41IN4O2. The number of ether oxygens (including phenoxy) is 2. The van der Waals surface area contributed by atoms with Crippen LogP contribution in [0.15, 0.2) is 29.3 Å². The molecule has 176 valence electrons. The van der Waals surface area contributed by atoms with Crippen molar-refractivity contribution in [1.29, 1.82) is 0 Å². The summed E-state index contributed by atoms with van der Waals surface area (Å²) in [4.78, 5) is 9.95. The Hall–Kier alpha value is -1.06. The van der Waals surface area contributed by atoms with E-state index in [0.29, 0.717) is 6.04 Å². The molecule has 1 N–H and O–H groups in total. The summed E-state index contributed by atoms with van der Waals surface area (Å²) in [6.07, 6.45) is 6.15. The fourth-order valence-electron chi connectivity index (χ4n) is 4.47. The van der Waals surface area contributed by atoms with E-state index in [2.05, 4.69) is 53.4 Å². The second-order valence-corrected chi connectivity index (χ2v) is 8.49. The van der Waals surface area contributed by atoms with Crippen LogP contribution in [0.1, 0.15) is 50.6 Å². The Balaban J connectivity index is 0.00000341. The summed E-state index contributed by atoms with van der Waals surface area (Å²) in [5, 5.41) is 3.50. The van der Waals surface area contributed by atoms with E-state index in [1.165, 1.54) is 37.7 Å². The van der Waals surface area contributed by atoms with Crippen molar-refractivity contribution in [1.82, 2.24) is 15.1 Å². The minimum Gasteiger partial charge on any atom is -0.497 e. The zero-order valence-corrected chi connectivity index (χ0v) is 21.8. The number of guanidine groups is 1. The molecule has 0 amide bonds. The summed E-state index contributed by atoms with van der Waals surface area (Å²) < 4.78 is 10.8. The van der Waals surface area contributed by atoms with Gasteiger partial charge in [0.15, 0.2) is 5.96 Å². The van der Waals surface area contributed by atoms with Gasteiger partial charge in [-0.25, -0.2) is 0 Å². The molecule has 1 atom stereocenters. The second-order valence-electron chi connectivity index (χ2n) is 8.49. The smallest absolute Gasteiger partial charge is 0.193 e. The van der Waals surface area contributed by atoms with Crippen molar-refractivity contribution in [3.8, 4) is 5.75 Å². The van der Waals surface area contributed by atoms with Crippen molar-refractivity contribution in [2.24, 2.45) is 10.9 Å². The normalized spacial score (nSPS) is 19.0. The van der Waals surface area contributed by atoms with E-state index in [0.717, 1.165) is 63.6 Å². The quantitative estimate of drug-likeness (QED) is 0.288. The lowest BCUT2D eigenvalue weighted by Crippen LogP contribution is -2.41. The second kappa shape index (κ2) is 14.2. The highest BCUT2D eigenvalue weighted by molar-refractivity contribution is 14.0. The van der Waals surface area contributed by atoms with Gasteiger partial charge in [-0.05, 0) is 75.7 Å². The Labute approximate surface area is 205 Å². The molecule has 0 saturated carbocycles. The van der Waals surface area contributed by atoms with E-state index >= 15 is 0 Å². The molecule has 0 spiro atoms. The lowest BCUT2D eigenvalue weighted by molar-refractivity contribution is 0.0625. The van der Waals surface area contributed by atoms with Gasteiger partial charge in [0.05, 0.1) is 19.7 Å². The van der Waals surface area contributed by atoms with Gasteiger partial charge in [-0.2, -0.15) is 0 Å². The van der Waals surface area contributed by atoms with Gasteiger partial charge in [0, 0.05) is 33.4 Å². The summed E-state index contributed by atoms with van der Waals surface area (Å²) in [7, 11) is 3.88. The molecule has 1 aromatic carbocycles. The molecule has 0 aliphatic carbocycles. The van der Waals surface area contributed by atoms with Crippen molar-refractivity contribution < 1.29 is 9.47 Å². The third-order valence-corrected chi connectivity index (χ3v) is 6.41. The molecule has 3 rings (SSSR count). The third-order valence-electron chi connectivity index (χ3n) is 6.41. The summed E-state index contributed by atoms with van der Waals surface area (Å²) in [5.41, 5.74) is 1.32. The topological polar surface area (TPSA) is 49.3 Å².